The lowest BCUT2D eigenvalue weighted by Gasteiger charge is -2.39. The molecule has 1 amide bonds. The summed E-state index contributed by atoms with van der Waals surface area (Å²) in [6, 6.07) is 10.7. The smallest absolute Gasteiger partial charge is 0.252 e. The predicted octanol–water partition coefficient (Wildman–Crippen LogP) is 3.62. The van der Waals surface area contributed by atoms with Gasteiger partial charge in [0.15, 0.2) is 0 Å². The van der Waals surface area contributed by atoms with Crippen LogP contribution in [0.1, 0.15) is 58.1 Å². The third-order valence-corrected chi connectivity index (χ3v) is 5.98. The minimum absolute atomic E-state index is 0. The van der Waals surface area contributed by atoms with Crippen LogP contribution in [0, 0.1) is 0 Å². The van der Waals surface area contributed by atoms with Gasteiger partial charge < -0.3 is 20.7 Å². The lowest BCUT2D eigenvalue weighted by Crippen LogP contribution is -2.59. The molecule has 2 rings (SSSR count). The highest BCUT2D eigenvalue weighted by molar-refractivity contribution is 5.86. The van der Waals surface area contributed by atoms with Crippen LogP contribution in [-0.4, -0.2) is 43.8 Å². The van der Waals surface area contributed by atoms with Crippen LogP contribution in [0.15, 0.2) is 30.3 Å². The van der Waals surface area contributed by atoms with Crippen LogP contribution in [0.4, 0.5) is 0 Å². The largest absolute Gasteiger partial charge is 0.368 e. The average molecular weight is 434 g/mol. The number of ether oxygens (including phenoxy) is 1. The number of methoxy groups -OCH3 is 1. The summed E-state index contributed by atoms with van der Waals surface area (Å²) in [5.41, 5.74) is 0.438. The van der Waals surface area contributed by atoms with Crippen molar-refractivity contribution in [3.05, 3.63) is 35.9 Å². The van der Waals surface area contributed by atoms with E-state index in [1.54, 1.807) is 7.11 Å². The molecule has 1 unspecified atom stereocenters. The van der Waals surface area contributed by atoms with Gasteiger partial charge in [-0.05, 0) is 51.3 Å². The molecule has 1 saturated heterocycles. The molecule has 0 aromatic heterocycles. The van der Waals surface area contributed by atoms with E-state index in [0.717, 1.165) is 25.9 Å². The highest BCUT2D eigenvalue weighted by Crippen LogP contribution is 2.25. The highest BCUT2D eigenvalue weighted by Gasteiger charge is 2.40. The van der Waals surface area contributed by atoms with Crippen molar-refractivity contribution in [2.75, 3.05) is 26.7 Å². The van der Waals surface area contributed by atoms with Crippen LogP contribution in [0.5, 0.6) is 0 Å². The van der Waals surface area contributed by atoms with Crippen molar-refractivity contribution in [1.29, 1.82) is 0 Å². The van der Waals surface area contributed by atoms with Gasteiger partial charge >= 0.3 is 0 Å². The first-order valence-electron chi connectivity index (χ1n) is 9.87. The number of piperidine rings is 1. The number of benzene rings is 1. The minimum Gasteiger partial charge on any atom is -0.368 e. The van der Waals surface area contributed by atoms with E-state index < -0.39 is 5.60 Å². The van der Waals surface area contributed by atoms with Crippen molar-refractivity contribution in [3.8, 4) is 0 Å². The van der Waals surface area contributed by atoms with Gasteiger partial charge in [0.1, 0.15) is 5.60 Å². The summed E-state index contributed by atoms with van der Waals surface area (Å²) >= 11 is 0. The Labute approximate surface area is 182 Å². The van der Waals surface area contributed by atoms with Gasteiger partial charge in [0.2, 0.25) is 0 Å². The van der Waals surface area contributed by atoms with Crippen molar-refractivity contribution >= 4 is 30.7 Å². The topological polar surface area (TPSA) is 62.4 Å². The number of hydrogen-bond acceptors (Lipinski definition) is 4. The molecule has 1 fully saturated rings. The first-order valence-corrected chi connectivity index (χ1v) is 9.87. The zero-order chi connectivity index (χ0) is 19.0. The van der Waals surface area contributed by atoms with Gasteiger partial charge in [-0.25, -0.2) is 0 Å². The minimum atomic E-state index is -0.691. The van der Waals surface area contributed by atoms with E-state index >= 15 is 0 Å². The van der Waals surface area contributed by atoms with E-state index in [0.29, 0.717) is 19.4 Å². The van der Waals surface area contributed by atoms with Crippen LogP contribution in [0.3, 0.4) is 0 Å². The van der Waals surface area contributed by atoms with Crippen LogP contribution in [0.2, 0.25) is 0 Å². The molecule has 0 spiro atoms. The summed E-state index contributed by atoms with van der Waals surface area (Å²) in [6.45, 7) is 8.78. The number of rotatable bonds is 9. The summed E-state index contributed by atoms with van der Waals surface area (Å²) in [6.07, 6.45) is 3.33. The van der Waals surface area contributed by atoms with E-state index in [1.807, 2.05) is 6.07 Å². The lowest BCUT2D eigenvalue weighted by molar-refractivity contribution is -0.147. The third-order valence-electron chi connectivity index (χ3n) is 5.98. The molecule has 5 nitrogen and oxygen atoms in total. The van der Waals surface area contributed by atoms with E-state index in [4.69, 9.17) is 4.74 Å². The monoisotopic (exact) mass is 433 g/mol. The molecule has 1 aromatic rings. The summed E-state index contributed by atoms with van der Waals surface area (Å²) in [5, 5.41) is 10.3. The summed E-state index contributed by atoms with van der Waals surface area (Å²) < 4.78 is 5.65. The number of carbonyl (C=O) groups is 1. The molecule has 3 N–H and O–H groups in total. The molecule has 0 radical (unpaired) electrons. The van der Waals surface area contributed by atoms with Crippen molar-refractivity contribution < 1.29 is 9.53 Å². The molecule has 1 aromatic carbocycles. The molecular formula is C21H37Cl2N3O2. The van der Waals surface area contributed by atoms with Crippen LogP contribution >= 0.6 is 24.8 Å². The van der Waals surface area contributed by atoms with E-state index in [1.165, 1.54) is 5.56 Å². The second-order valence-electron chi connectivity index (χ2n) is 7.40. The highest BCUT2D eigenvalue weighted by atomic mass is 35.5. The second-order valence-corrected chi connectivity index (χ2v) is 7.40. The Kier molecular flexibility index (Phi) is 12.3. The number of carbonyl (C=O) groups excluding carboxylic acids is 1. The van der Waals surface area contributed by atoms with Crippen molar-refractivity contribution in [2.45, 2.75) is 63.6 Å². The maximum Gasteiger partial charge on any atom is 0.252 e. The van der Waals surface area contributed by atoms with Gasteiger partial charge in [0.05, 0.1) is 0 Å². The molecule has 1 aliphatic heterocycles. The summed E-state index contributed by atoms with van der Waals surface area (Å²) in [4.78, 5) is 12.9. The van der Waals surface area contributed by atoms with Gasteiger partial charge in [0, 0.05) is 25.2 Å². The van der Waals surface area contributed by atoms with Crippen LogP contribution < -0.4 is 16.0 Å². The maximum atomic E-state index is 12.9. The van der Waals surface area contributed by atoms with Gasteiger partial charge in [-0.1, -0.05) is 44.2 Å². The average Bonchev–Trinajstić information content (AvgIpc) is 2.72. The SMILES string of the molecule is CCC(CC)(CNC(=O)C1(OC)CCNCC1)NC(C)c1ccccc1.Cl.Cl. The maximum absolute atomic E-state index is 12.9. The van der Waals surface area contributed by atoms with Crippen molar-refractivity contribution in [3.63, 3.8) is 0 Å². The fourth-order valence-electron chi connectivity index (χ4n) is 3.80. The Bertz CT molecular complexity index is 562. The van der Waals surface area contributed by atoms with Gasteiger partial charge in [-0.15, -0.1) is 24.8 Å². The Balaban J connectivity index is 0.00000364. The Morgan fingerprint density at radius 1 is 1.18 bits per heavy atom. The number of halogens is 2. The first-order chi connectivity index (χ1) is 12.5. The normalized spacial score (nSPS) is 17.0. The van der Waals surface area contributed by atoms with Crippen molar-refractivity contribution in [2.24, 2.45) is 0 Å². The molecule has 0 bridgehead atoms. The summed E-state index contributed by atoms with van der Waals surface area (Å²) in [5.74, 6) is 0.0157. The second kappa shape index (κ2) is 12.7. The molecule has 1 atom stereocenters. The van der Waals surface area contributed by atoms with E-state index in [9.17, 15) is 4.79 Å². The number of nitrogens with one attached hydrogen (secondary N) is 3. The number of amides is 1. The molecule has 1 heterocycles. The van der Waals surface area contributed by atoms with E-state index in [-0.39, 0.29) is 42.3 Å². The van der Waals surface area contributed by atoms with E-state index in [2.05, 4.69) is 61.0 Å². The predicted molar refractivity (Wildman–Crippen MR) is 121 cm³/mol. The molecule has 28 heavy (non-hydrogen) atoms. The fraction of sp³-hybridized carbons (Fsp3) is 0.667. The molecule has 162 valence electrons. The zero-order valence-corrected chi connectivity index (χ0v) is 19.2. The number of hydrogen-bond donors (Lipinski definition) is 3. The van der Waals surface area contributed by atoms with Crippen molar-refractivity contribution in [1.82, 2.24) is 16.0 Å². The van der Waals surface area contributed by atoms with Gasteiger partial charge in [-0.3, -0.25) is 4.79 Å². The molecular weight excluding hydrogens is 397 g/mol. The van der Waals surface area contributed by atoms with Gasteiger partial charge in [-0.2, -0.15) is 0 Å². The van der Waals surface area contributed by atoms with Crippen LogP contribution in [-0.2, 0) is 9.53 Å². The molecule has 0 saturated carbocycles. The molecule has 1 aliphatic rings. The van der Waals surface area contributed by atoms with Gasteiger partial charge in [0.25, 0.3) is 5.91 Å². The Morgan fingerprint density at radius 2 is 1.75 bits per heavy atom. The first kappa shape index (κ1) is 27.1. The zero-order valence-electron chi connectivity index (χ0n) is 17.5. The Morgan fingerprint density at radius 3 is 2.25 bits per heavy atom. The standard InChI is InChI=1S/C21H35N3O2.2ClH/c1-5-20(6-2,24-17(3)18-10-8-7-9-11-18)16-23-19(25)21(26-4)12-14-22-15-13-21;;/h7-11,17,22,24H,5-6,12-16H2,1-4H3,(H,23,25);2*1H. The molecule has 7 heteroatoms. The fourth-order valence-corrected chi connectivity index (χ4v) is 3.80. The molecule has 0 aliphatic carbocycles. The Hall–Kier alpha value is -0.850. The van der Waals surface area contributed by atoms with Crippen LogP contribution in [0.25, 0.3) is 0 Å². The summed E-state index contributed by atoms with van der Waals surface area (Å²) in [7, 11) is 1.65. The third kappa shape index (κ3) is 6.60. The lowest BCUT2D eigenvalue weighted by atomic mass is 9.88. The quantitative estimate of drug-likeness (QED) is 0.556.